The Morgan fingerprint density at radius 1 is 1.04 bits per heavy atom. The van der Waals surface area contributed by atoms with Crippen molar-refractivity contribution in [3.8, 4) is 22.9 Å². The van der Waals surface area contributed by atoms with E-state index in [0.29, 0.717) is 29.9 Å². The van der Waals surface area contributed by atoms with Crippen LogP contribution in [-0.4, -0.2) is 40.5 Å². The molecule has 6 rings (SSSR count). The van der Waals surface area contributed by atoms with Gasteiger partial charge >= 0.3 is 5.97 Å². The van der Waals surface area contributed by atoms with Gasteiger partial charge in [0.1, 0.15) is 17.4 Å². The molecule has 4 bridgehead atoms. The van der Waals surface area contributed by atoms with Crippen LogP contribution in [0.3, 0.4) is 0 Å². The Morgan fingerprint density at radius 2 is 1.93 bits per heavy atom. The van der Waals surface area contributed by atoms with Crippen molar-refractivity contribution in [2.75, 3.05) is 13.7 Å². The third-order valence-electron chi connectivity index (χ3n) is 8.54. The first kappa shape index (κ1) is 31.0. The first-order valence-corrected chi connectivity index (χ1v) is 15.6. The van der Waals surface area contributed by atoms with Crippen LogP contribution in [0.15, 0.2) is 67.0 Å². The van der Waals surface area contributed by atoms with Crippen molar-refractivity contribution in [1.29, 1.82) is 0 Å². The zero-order valence-corrected chi connectivity index (χ0v) is 25.6. The maximum absolute atomic E-state index is 15.5. The molecular formula is C36H36F2N4O4. The van der Waals surface area contributed by atoms with Gasteiger partial charge in [0.2, 0.25) is 5.91 Å². The summed E-state index contributed by atoms with van der Waals surface area (Å²) in [6.45, 7) is 0.540. The Balaban J connectivity index is 1.37. The molecule has 1 atom stereocenters. The van der Waals surface area contributed by atoms with Gasteiger partial charge in [-0.1, -0.05) is 37.1 Å². The number of hydrogen-bond donors (Lipinski definition) is 3. The minimum atomic E-state index is -0.584. The van der Waals surface area contributed by atoms with Gasteiger partial charge in [0, 0.05) is 65.9 Å². The van der Waals surface area contributed by atoms with Crippen molar-refractivity contribution >= 4 is 22.8 Å². The molecule has 1 unspecified atom stereocenters. The number of carbonyl (C=O) groups excluding carboxylic acids is 2. The highest BCUT2D eigenvalue weighted by atomic mass is 19.1. The molecule has 0 radical (unpaired) electrons. The van der Waals surface area contributed by atoms with Crippen LogP contribution in [0.25, 0.3) is 22.3 Å². The molecule has 2 aromatic heterocycles. The number of benzene rings is 3. The van der Waals surface area contributed by atoms with Gasteiger partial charge in [0.15, 0.2) is 11.6 Å². The van der Waals surface area contributed by atoms with E-state index < -0.39 is 11.6 Å². The number of aryl methyl sites for hydroxylation is 2. The number of rotatable bonds is 4. The number of methoxy groups -OCH3 is 1. The lowest BCUT2D eigenvalue weighted by Crippen LogP contribution is -2.24. The Hall–Kier alpha value is -4.99. The van der Waals surface area contributed by atoms with E-state index in [4.69, 9.17) is 9.47 Å². The van der Waals surface area contributed by atoms with Crippen molar-refractivity contribution in [3.05, 3.63) is 101 Å². The van der Waals surface area contributed by atoms with E-state index in [1.165, 1.54) is 31.4 Å². The van der Waals surface area contributed by atoms with E-state index >= 15 is 8.78 Å². The summed E-state index contributed by atoms with van der Waals surface area (Å²) in [6.07, 6.45) is 8.09. The summed E-state index contributed by atoms with van der Waals surface area (Å²) in [5.74, 6) is -0.961. The second kappa shape index (κ2) is 14.0. The predicted molar refractivity (Wildman–Crippen MR) is 171 cm³/mol. The molecule has 3 N–H and O–H groups in total. The maximum Gasteiger partial charge on any atom is 0.305 e. The van der Waals surface area contributed by atoms with E-state index in [2.05, 4.69) is 26.3 Å². The van der Waals surface area contributed by atoms with Crippen LogP contribution < -0.4 is 10.1 Å². The molecule has 0 saturated carbocycles. The highest BCUT2D eigenvalue weighted by Gasteiger charge is 2.22. The lowest BCUT2D eigenvalue weighted by atomic mass is 9.89. The average molecular weight is 627 g/mol. The van der Waals surface area contributed by atoms with Crippen molar-refractivity contribution in [2.45, 2.75) is 57.3 Å². The third-order valence-corrected chi connectivity index (χ3v) is 8.54. The number of carbonyl (C=O) groups is 2. The van der Waals surface area contributed by atoms with Crippen molar-refractivity contribution in [2.24, 2.45) is 0 Å². The van der Waals surface area contributed by atoms with Crippen molar-refractivity contribution in [1.82, 2.24) is 20.3 Å². The standard InChI is InChI=1S/C36H36F2N4O4/c1-45-34(44)14-9-22-6-5-7-23(18-22)25-8-3-2-4-16-40-33(43)13-11-27-26-15-17-39-31(26)20-30(38)35(27)46-24-10-12-29(37)28(19-24)36-41-21-32(25)42-36/h5-7,10,12,15,17-21,25,39H,2-4,8-9,11,13-14,16H2,1H3,(H,40,43)(H,41,42). The molecule has 0 aliphatic carbocycles. The second-order valence-corrected chi connectivity index (χ2v) is 11.6. The number of amides is 1. The van der Waals surface area contributed by atoms with Gasteiger partial charge in [-0.05, 0) is 61.1 Å². The third kappa shape index (κ3) is 6.96. The van der Waals surface area contributed by atoms with Crippen LogP contribution in [0, 0.1) is 11.6 Å². The average Bonchev–Trinajstić information content (AvgIpc) is 3.74. The number of hydrogen-bond acceptors (Lipinski definition) is 5. The van der Waals surface area contributed by atoms with Crippen molar-refractivity contribution < 1.29 is 27.8 Å². The fraction of sp³-hybridized carbons (Fsp3) is 0.306. The minimum absolute atomic E-state index is 0.00246. The number of nitrogens with zero attached hydrogens (tertiary/aromatic N) is 1. The van der Waals surface area contributed by atoms with E-state index in [9.17, 15) is 9.59 Å². The zero-order valence-electron chi connectivity index (χ0n) is 25.6. The van der Waals surface area contributed by atoms with Gasteiger partial charge in [-0.15, -0.1) is 0 Å². The fourth-order valence-corrected chi connectivity index (χ4v) is 6.12. The number of halogens is 2. The van der Waals surface area contributed by atoms with Gasteiger partial charge < -0.3 is 24.8 Å². The first-order valence-electron chi connectivity index (χ1n) is 15.6. The Bertz CT molecular complexity index is 1860. The highest BCUT2D eigenvalue weighted by molar-refractivity contribution is 5.86. The molecule has 10 heteroatoms. The number of esters is 1. The largest absolute Gasteiger partial charge is 0.469 e. The molecule has 0 saturated heterocycles. The molecule has 46 heavy (non-hydrogen) atoms. The summed E-state index contributed by atoms with van der Waals surface area (Å²) in [5, 5.41) is 3.76. The molecule has 1 aliphatic rings. The lowest BCUT2D eigenvalue weighted by Gasteiger charge is -2.17. The minimum Gasteiger partial charge on any atom is -0.469 e. The van der Waals surface area contributed by atoms with Crippen LogP contribution in [0.2, 0.25) is 0 Å². The highest BCUT2D eigenvalue weighted by Crippen LogP contribution is 2.37. The summed E-state index contributed by atoms with van der Waals surface area (Å²) in [5.41, 5.74) is 4.25. The van der Waals surface area contributed by atoms with Gasteiger partial charge in [-0.2, -0.15) is 0 Å². The smallest absolute Gasteiger partial charge is 0.305 e. The lowest BCUT2D eigenvalue weighted by molar-refractivity contribution is -0.140. The predicted octanol–water partition coefficient (Wildman–Crippen LogP) is 7.49. The van der Waals surface area contributed by atoms with Crippen LogP contribution in [-0.2, 0) is 27.2 Å². The molecule has 0 fully saturated rings. The number of H-pyrrole nitrogens is 2. The van der Waals surface area contributed by atoms with E-state index in [1.807, 2.05) is 24.3 Å². The normalized spacial score (nSPS) is 16.0. The molecule has 0 spiro atoms. The van der Waals surface area contributed by atoms with Gasteiger partial charge in [-0.3, -0.25) is 9.59 Å². The molecule has 238 valence electrons. The Morgan fingerprint density at radius 3 is 2.80 bits per heavy atom. The molecule has 3 heterocycles. The van der Waals surface area contributed by atoms with Gasteiger partial charge in [0.25, 0.3) is 0 Å². The summed E-state index contributed by atoms with van der Waals surface area (Å²) in [7, 11) is 1.38. The fourth-order valence-electron chi connectivity index (χ4n) is 6.12. The molecule has 1 aliphatic heterocycles. The van der Waals surface area contributed by atoms with Crippen LogP contribution in [0.4, 0.5) is 8.78 Å². The van der Waals surface area contributed by atoms with Crippen LogP contribution in [0.1, 0.15) is 66.8 Å². The Labute approximate surface area is 265 Å². The van der Waals surface area contributed by atoms with E-state index in [-0.39, 0.29) is 54.1 Å². The molecule has 5 aromatic rings. The van der Waals surface area contributed by atoms with Crippen LogP contribution in [0.5, 0.6) is 11.5 Å². The number of nitrogens with one attached hydrogen (secondary N) is 3. The zero-order chi connectivity index (χ0) is 32.0. The summed E-state index contributed by atoms with van der Waals surface area (Å²) < 4.78 is 41.6. The monoisotopic (exact) mass is 626 g/mol. The SMILES string of the molecule is COC(=O)CCc1cccc(C2CCCCCNC(=O)CCc3c(c(F)cc4[nH]ccc34)Oc3ccc(F)c(c3)-c3ncc2[nH]3)c1. The Kier molecular flexibility index (Phi) is 9.42. The molecule has 1 amide bonds. The number of imidazole rings is 1. The maximum atomic E-state index is 15.5. The molecule has 8 nitrogen and oxygen atoms in total. The second-order valence-electron chi connectivity index (χ2n) is 11.6. The summed E-state index contributed by atoms with van der Waals surface area (Å²) in [6, 6.07) is 15.5. The van der Waals surface area contributed by atoms with Crippen molar-refractivity contribution in [3.63, 3.8) is 0 Å². The first-order chi connectivity index (χ1) is 22.4. The quantitative estimate of drug-likeness (QED) is 0.179. The summed E-state index contributed by atoms with van der Waals surface area (Å²) in [4.78, 5) is 35.5. The number of ether oxygens (including phenoxy) is 2. The number of aromatic amines is 2. The molecular weight excluding hydrogens is 590 g/mol. The van der Waals surface area contributed by atoms with E-state index in [0.717, 1.165) is 47.9 Å². The number of aromatic nitrogens is 3. The summed E-state index contributed by atoms with van der Waals surface area (Å²) >= 11 is 0. The van der Waals surface area contributed by atoms with Gasteiger partial charge in [-0.25, -0.2) is 13.8 Å². The van der Waals surface area contributed by atoms with Gasteiger partial charge in [0.05, 0.1) is 12.7 Å². The van der Waals surface area contributed by atoms with Crippen LogP contribution >= 0.6 is 0 Å². The number of fused-ring (bicyclic) bond motifs is 8. The van der Waals surface area contributed by atoms with E-state index in [1.54, 1.807) is 12.4 Å². The molecule has 3 aromatic carbocycles. The topological polar surface area (TPSA) is 109 Å².